The van der Waals surface area contributed by atoms with Crippen LogP contribution in [-0.4, -0.2) is 40.9 Å². The Morgan fingerprint density at radius 1 is 1.03 bits per heavy atom. The number of imidazole rings is 1. The zero-order valence-electron chi connectivity index (χ0n) is 18.2. The molecule has 4 rings (SSSR count). The number of benzene rings is 2. The van der Waals surface area contributed by atoms with Crippen molar-refractivity contribution in [2.24, 2.45) is 0 Å². The van der Waals surface area contributed by atoms with E-state index in [1.165, 1.54) is 31.6 Å². The molecule has 2 heterocycles. The van der Waals surface area contributed by atoms with Crippen LogP contribution in [0.1, 0.15) is 32.7 Å². The van der Waals surface area contributed by atoms with Gasteiger partial charge in [0.25, 0.3) is 0 Å². The summed E-state index contributed by atoms with van der Waals surface area (Å²) >= 11 is 0. The van der Waals surface area contributed by atoms with Gasteiger partial charge in [0, 0.05) is 30.9 Å². The first-order chi connectivity index (χ1) is 15.6. The molecule has 2 aromatic carbocycles. The van der Waals surface area contributed by atoms with Crippen molar-refractivity contribution in [2.45, 2.75) is 44.2 Å². The highest BCUT2D eigenvalue weighted by atomic mass is 32.2. The first-order valence-corrected chi connectivity index (χ1v) is 12.0. The maximum Gasteiger partial charge on any atom is 0.329 e. The van der Waals surface area contributed by atoms with Crippen LogP contribution in [0.25, 0.3) is 11.0 Å². The van der Waals surface area contributed by atoms with E-state index in [0.717, 1.165) is 25.0 Å². The van der Waals surface area contributed by atoms with Gasteiger partial charge in [0.1, 0.15) is 6.54 Å². The molecule has 0 saturated carbocycles. The molecule has 0 spiro atoms. The lowest BCUT2D eigenvalue weighted by molar-refractivity contribution is -0.116. The zero-order chi connectivity index (χ0) is 23.9. The fraction of sp³-hybridized carbons (Fsp3) is 0.364. The van der Waals surface area contributed by atoms with E-state index in [4.69, 9.17) is 0 Å². The van der Waals surface area contributed by atoms with Gasteiger partial charge in [-0.15, -0.1) is 0 Å². The van der Waals surface area contributed by atoms with Crippen molar-refractivity contribution in [3.63, 3.8) is 0 Å². The van der Waals surface area contributed by atoms with Gasteiger partial charge < -0.3 is 5.32 Å². The van der Waals surface area contributed by atoms with Crippen LogP contribution in [0.3, 0.4) is 0 Å². The number of aromatic nitrogens is 2. The van der Waals surface area contributed by atoms with Crippen molar-refractivity contribution < 1.29 is 22.0 Å². The number of carbonyl (C=O) groups excluding carboxylic acids is 1. The Morgan fingerprint density at radius 3 is 2.36 bits per heavy atom. The third kappa shape index (κ3) is 4.30. The van der Waals surface area contributed by atoms with Crippen LogP contribution in [-0.2, 0) is 21.4 Å². The first-order valence-electron chi connectivity index (χ1n) is 10.6. The summed E-state index contributed by atoms with van der Waals surface area (Å²) in [6.07, 6.45) is 1.58. The minimum atomic E-state index is -3.73. The highest BCUT2D eigenvalue weighted by Gasteiger charge is 2.28. The average molecular weight is 479 g/mol. The predicted octanol–water partition coefficient (Wildman–Crippen LogP) is 3.09. The van der Waals surface area contributed by atoms with E-state index >= 15 is 0 Å². The summed E-state index contributed by atoms with van der Waals surface area (Å²) in [5.74, 6) is -2.80. The Bertz CT molecular complexity index is 1390. The minimum absolute atomic E-state index is 0.0387. The van der Waals surface area contributed by atoms with Gasteiger partial charge >= 0.3 is 5.69 Å². The van der Waals surface area contributed by atoms with Gasteiger partial charge in [-0.2, -0.15) is 4.31 Å². The third-order valence-electron chi connectivity index (χ3n) is 5.66. The summed E-state index contributed by atoms with van der Waals surface area (Å²) in [4.78, 5) is 25.8. The number of carbonyl (C=O) groups is 1. The van der Waals surface area contributed by atoms with Crippen LogP contribution < -0.4 is 11.0 Å². The molecular formula is C22H24F2N4O4S. The largest absolute Gasteiger partial charge is 0.329 e. The molecule has 1 fully saturated rings. The standard InChI is InChI=1S/C22H24F2N4O4S/c1-14(2)28-19-8-6-16(33(31,32)26-9-3-4-10-26)12-20(19)27(22(28)30)13-21(29)25-15-5-7-17(23)18(24)11-15/h5-8,11-12,14H,3-4,9-10,13H2,1-2H3,(H,25,29). The molecular weight excluding hydrogens is 454 g/mol. The molecule has 0 unspecified atom stereocenters. The van der Waals surface area contributed by atoms with E-state index in [-0.39, 0.29) is 16.6 Å². The fourth-order valence-electron chi connectivity index (χ4n) is 4.07. The van der Waals surface area contributed by atoms with Crippen molar-refractivity contribution in [1.29, 1.82) is 0 Å². The van der Waals surface area contributed by atoms with Crippen molar-refractivity contribution in [3.05, 3.63) is 58.5 Å². The Morgan fingerprint density at radius 2 is 1.73 bits per heavy atom. The van der Waals surface area contributed by atoms with E-state index in [1.807, 2.05) is 0 Å². The SMILES string of the molecule is CC(C)n1c(=O)n(CC(=O)Nc2ccc(F)c(F)c2)c2cc(S(=O)(=O)N3CCCC3)ccc21. The van der Waals surface area contributed by atoms with Crippen LogP contribution in [0.2, 0.25) is 0 Å². The number of halogens is 2. The normalized spacial score (nSPS) is 14.9. The van der Waals surface area contributed by atoms with Gasteiger partial charge in [-0.05, 0) is 57.0 Å². The van der Waals surface area contributed by atoms with Gasteiger partial charge in [-0.3, -0.25) is 13.9 Å². The summed E-state index contributed by atoms with van der Waals surface area (Å²) in [5.41, 5.74) is 0.360. The number of sulfonamides is 1. The smallest absolute Gasteiger partial charge is 0.324 e. The molecule has 176 valence electrons. The molecule has 0 radical (unpaired) electrons. The van der Waals surface area contributed by atoms with Gasteiger partial charge in [0.2, 0.25) is 15.9 Å². The van der Waals surface area contributed by atoms with Gasteiger partial charge in [-0.1, -0.05) is 0 Å². The van der Waals surface area contributed by atoms with Crippen LogP contribution in [0.15, 0.2) is 46.1 Å². The number of nitrogens with one attached hydrogen (secondary N) is 1. The molecule has 1 aliphatic rings. The number of hydrogen-bond acceptors (Lipinski definition) is 4. The Labute approximate surface area is 189 Å². The Kier molecular flexibility index (Phi) is 6.10. The van der Waals surface area contributed by atoms with E-state index in [1.54, 1.807) is 19.9 Å². The van der Waals surface area contributed by atoms with Crippen molar-refractivity contribution >= 4 is 32.7 Å². The molecule has 0 aliphatic carbocycles. The average Bonchev–Trinajstić information content (AvgIpc) is 3.38. The molecule has 1 saturated heterocycles. The van der Waals surface area contributed by atoms with Crippen molar-refractivity contribution in [1.82, 2.24) is 13.4 Å². The maximum absolute atomic E-state index is 13.5. The highest BCUT2D eigenvalue weighted by molar-refractivity contribution is 7.89. The summed E-state index contributed by atoms with van der Waals surface area (Å²) < 4.78 is 56.7. The zero-order valence-corrected chi connectivity index (χ0v) is 19.0. The molecule has 0 bridgehead atoms. The monoisotopic (exact) mass is 478 g/mol. The molecule has 1 amide bonds. The molecule has 8 nitrogen and oxygen atoms in total. The van der Waals surface area contributed by atoms with Gasteiger partial charge in [-0.25, -0.2) is 22.0 Å². The lowest BCUT2D eigenvalue weighted by Crippen LogP contribution is -2.30. The number of hydrogen-bond donors (Lipinski definition) is 1. The fourth-order valence-corrected chi connectivity index (χ4v) is 5.60. The summed E-state index contributed by atoms with van der Waals surface area (Å²) in [7, 11) is -3.73. The molecule has 11 heteroatoms. The number of fused-ring (bicyclic) bond motifs is 1. The number of nitrogens with zero attached hydrogens (tertiary/aromatic N) is 3. The second-order valence-corrected chi connectivity index (χ2v) is 10.2. The molecule has 0 atom stereocenters. The second kappa shape index (κ2) is 8.71. The lowest BCUT2D eigenvalue weighted by atomic mass is 10.3. The number of amides is 1. The molecule has 1 aromatic heterocycles. The lowest BCUT2D eigenvalue weighted by Gasteiger charge is -2.16. The third-order valence-corrected chi connectivity index (χ3v) is 7.55. The quantitative estimate of drug-likeness (QED) is 0.589. The molecule has 3 aromatic rings. The van der Waals surface area contributed by atoms with Crippen molar-refractivity contribution in [3.8, 4) is 0 Å². The molecule has 1 N–H and O–H groups in total. The van der Waals surface area contributed by atoms with Crippen molar-refractivity contribution in [2.75, 3.05) is 18.4 Å². The van der Waals surface area contributed by atoms with Crippen LogP contribution in [0.4, 0.5) is 14.5 Å². The minimum Gasteiger partial charge on any atom is -0.324 e. The highest BCUT2D eigenvalue weighted by Crippen LogP contribution is 2.25. The predicted molar refractivity (Wildman–Crippen MR) is 120 cm³/mol. The van der Waals surface area contributed by atoms with E-state index in [2.05, 4.69) is 5.32 Å². The summed E-state index contributed by atoms with van der Waals surface area (Å²) in [6, 6.07) is 7.15. The molecule has 1 aliphatic heterocycles. The van der Waals surface area contributed by atoms with E-state index in [9.17, 15) is 26.8 Å². The topological polar surface area (TPSA) is 93.4 Å². The maximum atomic E-state index is 13.5. The van der Waals surface area contributed by atoms with Gasteiger partial charge in [0.05, 0.1) is 15.9 Å². The number of rotatable bonds is 6. The van der Waals surface area contributed by atoms with Crippen LogP contribution in [0, 0.1) is 11.6 Å². The summed E-state index contributed by atoms with van der Waals surface area (Å²) in [5, 5.41) is 2.44. The van der Waals surface area contributed by atoms with Crippen LogP contribution in [0.5, 0.6) is 0 Å². The van der Waals surface area contributed by atoms with Gasteiger partial charge in [0.15, 0.2) is 11.6 Å². The van der Waals surface area contributed by atoms with Crippen LogP contribution >= 0.6 is 0 Å². The number of anilines is 1. The van der Waals surface area contributed by atoms with E-state index < -0.39 is 39.8 Å². The van der Waals surface area contributed by atoms with E-state index in [0.29, 0.717) is 24.1 Å². The first kappa shape index (κ1) is 23.1. The Hall–Kier alpha value is -3.05. The molecule has 33 heavy (non-hydrogen) atoms. The summed E-state index contributed by atoms with van der Waals surface area (Å²) in [6.45, 7) is 4.07. The Balaban J connectivity index is 1.74. The second-order valence-electron chi connectivity index (χ2n) is 8.27.